The Bertz CT molecular complexity index is 886. The Morgan fingerprint density at radius 3 is 2.62 bits per heavy atom. The van der Waals surface area contributed by atoms with Gasteiger partial charge in [-0.1, -0.05) is 24.3 Å². The number of aliphatic imine (C=N–C) groups is 1. The van der Waals surface area contributed by atoms with Crippen molar-refractivity contribution in [1.29, 1.82) is 0 Å². The second kappa shape index (κ2) is 10.5. The molecule has 3 aromatic rings. The minimum absolute atomic E-state index is 0. The Hall–Kier alpha value is -2.29. The number of guanidine groups is 1. The van der Waals surface area contributed by atoms with Gasteiger partial charge >= 0.3 is 0 Å². The molecule has 1 aliphatic heterocycles. The van der Waals surface area contributed by atoms with Crippen LogP contribution in [0, 0.1) is 0 Å². The third kappa shape index (κ3) is 5.41. The van der Waals surface area contributed by atoms with E-state index < -0.39 is 0 Å². The molecule has 2 aromatic heterocycles. The maximum Gasteiger partial charge on any atom is 0.194 e. The summed E-state index contributed by atoms with van der Waals surface area (Å²) in [7, 11) is 0. The number of halogens is 1. The summed E-state index contributed by atoms with van der Waals surface area (Å²) in [6, 6.07) is 16.3. The summed E-state index contributed by atoms with van der Waals surface area (Å²) in [6.45, 7) is 7.46. The summed E-state index contributed by atoms with van der Waals surface area (Å²) >= 11 is 0. The van der Waals surface area contributed by atoms with E-state index in [9.17, 15) is 0 Å². The number of anilines is 1. The normalized spacial score (nSPS) is 14.7. The highest BCUT2D eigenvalue weighted by molar-refractivity contribution is 14.0. The van der Waals surface area contributed by atoms with Crippen LogP contribution in [-0.2, 0) is 6.42 Å². The van der Waals surface area contributed by atoms with E-state index in [1.54, 1.807) is 0 Å². The Labute approximate surface area is 189 Å². The lowest BCUT2D eigenvalue weighted by Crippen LogP contribution is -2.52. The molecular formula is C22H28IN5O. The van der Waals surface area contributed by atoms with Crippen molar-refractivity contribution in [1.82, 2.24) is 15.2 Å². The first kappa shape index (κ1) is 21.4. The molecule has 1 aromatic carbocycles. The lowest BCUT2D eigenvalue weighted by Gasteiger charge is -2.37. The van der Waals surface area contributed by atoms with Crippen LogP contribution in [0.2, 0.25) is 0 Å². The lowest BCUT2D eigenvalue weighted by atomic mass is 10.2. The second-order valence-corrected chi connectivity index (χ2v) is 6.90. The molecular weight excluding hydrogens is 477 g/mol. The minimum atomic E-state index is 0. The van der Waals surface area contributed by atoms with Crippen LogP contribution in [0.3, 0.4) is 0 Å². The van der Waals surface area contributed by atoms with Crippen LogP contribution in [-0.4, -0.2) is 55.1 Å². The van der Waals surface area contributed by atoms with Crippen LogP contribution in [0.1, 0.15) is 12.7 Å². The zero-order valence-electron chi connectivity index (χ0n) is 16.8. The van der Waals surface area contributed by atoms with E-state index in [0.717, 1.165) is 67.7 Å². The van der Waals surface area contributed by atoms with Crippen molar-refractivity contribution in [2.24, 2.45) is 4.99 Å². The van der Waals surface area contributed by atoms with Gasteiger partial charge in [-0.15, -0.1) is 24.0 Å². The van der Waals surface area contributed by atoms with E-state index in [1.807, 2.05) is 36.5 Å². The molecule has 0 atom stereocenters. The second-order valence-electron chi connectivity index (χ2n) is 6.90. The summed E-state index contributed by atoms with van der Waals surface area (Å²) < 4.78 is 5.90. The first-order valence-corrected chi connectivity index (χ1v) is 10.00. The molecule has 0 unspecified atom stereocenters. The van der Waals surface area contributed by atoms with Gasteiger partial charge in [-0.05, 0) is 31.2 Å². The Morgan fingerprint density at radius 1 is 1.10 bits per heavy atom. The van der Waals surface area contributed by atoms with Crippen LogP contribution in [0.25, 0.3) is 11.0 Å². The summed E-state index contributed by atoms with van der Waals surface area (Å²) in [4.78, 5) is 14.0. The SMILES string of the molecule is CCNC(=NCCc1cc2ccccc2o1)N1CCN(c2ccccn2)CC1.I. The third-order valence-electron chi connectivity index (χ3n) is 4.98. The molecule has 29 heavy (non-hydrogen) atoms. The molecule has 1 saturated heterocycles. The number of nitrogens with one attached hydrogen (secondary N) is 1. The number of hydrogen-bond donors (Lipinski definition) is 1. The Balaban J connectivity index is 0.00000240. The van der Waals surface area contributed by atoms with Gasteiger partial charge in [-0.2, -0.15) is 0 Å². The fraction of sp³-hybridized carbons (Fsp3) is 0.364. The first-order chi connectivity index (χ1) is 13.8. The number of para-hydroxylation sites is 1. The quantitative estimate of drug-likeness (QED) is 0.325. The van der Waals surface area contributed by atoms with Gasteiger partial charge in [0.05, 0.1) is 0 Å². The largest absolute Gasteiger partial charge is 0.461 e. The van der Waals surface area contributed by atoms with Crippen molar-refractivity contribution in [3.8, 4) is 0 Å². The van der Waals surface area contributed by atoms with Crippen LogP contribution in [0.4, 0.5) is 5.82 Å². The van der Waals surface area contributed by atoms with Crippen molar-refractivity contribution in [2.75, 3.05) is 44.2 Å². The highest BCUT2D eigenvalue weighted by Gasteiger charge is 2.20. The molecule has 0 radical (unpaired) electrons. The van der Waals surface area contributed by atoms with Crippen molar-refractivity contribution >= 4 is 46.7 Å². The number of aromatic nitrogens is 1. The molecule has 7 heteroatoms. The minimum Gasteiger partial charge on any atom is -0.461 e. The number of pyridine rings is 1. The van der Waals surface area contributed by atoms with Gasteiger partial charge in [-0.3, -0.25) is 4.99 Å². The number of hydrogen-bond acceptors (Lipinski definition) is 4. The van der Waals surface area contributed by atoms with E-state index in [-0.39, 0.29) is 24.0 Å². The van der Waals surface area contributed by atoms with Crippen LogP contribution in [0.5, 0.6) is 0 Å². The number of piperazine rings is 1. The Morgan fingerprint density at radius 2 is 1.90 bits per heavy atom. The van der Waals surface area contributed by atoms with E-state index >= 15 is 0 Å². The predicted molar refractivity (Wildman–Crippen MR) is 129 cm³/mol. The molecule has 4 rings (SSSR count). The zero-order valence-corrected chi connectivity index (χ0v) is 19.1. The fourth-order valence-electron chi connectivity index (χ4n) is 3.55. The average molecular weight is 505 g/mol. The lowest BCUT2D eigenvalue weighted by molar-refractivity contribution is 0.371. The van der Waals surface area contributed by atoms with Gasteiger partial charge in [0, 0.05) is 57.3 Å². The number of fused-ring (bicyclic) bond motifs is 1. The highest BCUT2D eigenvalue weighted by atomic mass is 127. The van der Waals surface area contributed by atoms with Crippen LogP contribution < -0.4 is 10.2 Å². The van der Waals surface area contributed by atoms with Crippen molar-refractivity contribution < 1.29 is 4.42 Å². The van der Waals surface area contributed by atoms with E-state index in [2.05, 4.69) is 45.2 Å². The monoisotopic (exact) mass is 505 g/mol. The van der Waals surface area contributed by atoms with Gasteiger partial charge in [0.25, 0.3) is 0 Å². The maximum absolute atomic E-state index is 5.90. The number of rotatable bonds is 5. The molecule has 0 saturated carbocycles. The third-order valence-corrected chi connectivity index (χ3v) is 4.98. The predicted octanol–water partition coefficient (Wildman–Crippen LogP) is 3.78. The zero-order chi connectivity index (χ0) is 19.2. The van der Waals surface area contributed by atoms with Crippen LogP contribution in [0.15, 0.2) is 64.1 Å². The summed E-state index contributed by atoms with van der Waals surface area (Å²) in [5.41, 5.74) is 0.944. The molecule has 1 aliphatic rings. The Kier molecular flexibility index (Phi) is 7.74. The highest BCUT2D eigenvalue weighted by Crippen LogP contribution is 2.19. The van der Waals surface area contributed by atoms with Crippen LogP contribution >= 0.6 is 24.0 Å². The summed E-state index contributed by atoms with van der Waals surface area (Å²) in [6.07, 6.45) is 2.66. The first-order valence-electron chi connectivity index (χ1n) is 10.00. The molecule has 0 amide bonds. The number of benzene rings is 1. The number of nitrogens with zero attached hydrogens (tertiary/aromatic N) is 4. The molecule has 0 bridgehead atoms. The number of furan rings is 1. The molecule has 1 fully saturated rings. The molecule has 0 aliphatic carbocycles. The van der Waals surface area contributed by atoms with E-state index in [4.69, 9.17) is 9.41 Å². The van der Waals surface area contributed by atoms with Gasteiger partial charge in [0.15, 0.2) is 5.96 Å². The van der Waals surface area contributed by atoms with Gasteiger partial charge in [-0.25, -0.2) is 4.98 Å². The average Bonchev–Trinajstić information content (AvgIpc) is 3.17. The molecule has 1 N–H and O–H groups in total. The summed E-state index contributed by atoms with van der Waals surface area (Å²) in [5, 5.41) is 4.58. The molecule has 0 spiro atoms. The standard InChI is InChI=1S/C22H27N5O.HI/c1-2-23-22(25-12-10-19-17-18-7-3-4-8-20(18)28-19)27-15-13-26(14-16-27)21-9-5-6-11-24-21;/h3-9,11,17H,2,10,12-16H2,1H3,(H,23,25);1H. The topological polar surface area (TPSA) is 56.9 Å². The van der Waals surface area contributed by atoms with E-state index in [0.29, 0.717) is 6.54 Å². The molecule has 6 nitrogen and oxygen atoms in total. The van der Waals surface area contributed by atoms with Crippen molar-refractivity contribution in [2.45, 2.75) is 13.3 Å². The van der Waals surface area contributed by atoms with E-state index in [1.165, 1.54) is 0 Å². The molecule has 154 valence electrons. The smallest absolute Gasteiger partial charge is 0.194 e. The van der Waals surface area contributed by atoms with Gasteiger partial charge in [0.2, 0.25) is 0 Å². The van der Waals surface area contributed by atoms with Crippen molar-refractivity contribution in [3.05, 3.63) is 60.5 Å². The fourth-order valence-corrected chi connectivity index (χ4v) is 3.55. The molecule has 3 heterocycles. The van der Waals surface area contributed by atoms with Crippen molar-refractivity contribution in [3.63, 3.8) is 0 Å². The maximum atomic E-state index is 5.90. The van der Waals surface area contributed by atoms with Gasteiger partial charge < -0.3 is 19.5 Å². The van der Waals surface area contributed by atoms with Gasteiger partial charge in [0.1, 0.15) is 17.2 Å². The summed E-state index contributed by atoms with van der Waals surface area (Å²) in [5.74, 6) is 3.02.